The van der Waals surface area contributed by atoms with Gasteiger partial charge in [-0.05, 0) is 37.4 Å². The van der Waals surface area contributed by atoms with Gasteiger partial charge in [0.1, 0.15) is 11.4 Å². The number of piperidine rings is 3. The molecule has 4 aliphatic heterocycles. The zero-order valence-corrected chi connectivity index (χ0v) is 19.6. The highest BCUT2D eigenvalue weighted by molar-refractivity contribution is 5.80. The lowest BCUT2D eigenvalue weighted by molar-refractivity contribution is -0.144. The highest BCUT2D eigenvalue weighted by Gasteiger charge is 2.44. The van der Waals surface area contributed by atoms with Gasteiger partial charge in [-0.15, -0.1) is 5.10 Å². The molecule has 1 aromatic carbocycles. The average Bonchev–Trinajstić information content (AvgIpc) is 3.31. The van der Waals surface area contributed by atoms with Crippen LogP contribution in [0.3, 0.4) is 0 Å². The molecule has 4 saturated heterocycles. The van der Waals surface area contributed by atoms with E-state index in [-0.39, 0.29) is 5.92 Å². The SMILES string of the molecule is COCc1cn(C[C@H]2CC3CCN2C[C@@H]3C(=O)N2CCN(c3ccccc3OC)CC2)nn1. The highest BCUT2D eigenvalue weighted by Crippen LogP contribution is 2.38. The van der Waals surface area contributed by atoms with Gasteiger partial charge in [-0.3, -0.25) is 14.4 Å². The first-order chi connectivity index (χ1) is 16.2. The Hall–Kier alpha value is -2.65. The van der Waals surface area contributed by atoms with Gasteiger partial charge in [-0.25, -0.2) is 0 Å². The van der Waals surface area contributed by atoms with E-state index in [1.807, 2.05) is 29.1 Å². The molecule has 2 aromatic rings. The first kappa shape index (κ1) is 22.2. The van der Waals surface area contributed by atoms with Crippen LogP contribution in [-0.2, 0) is 22.7 Å². The van der Waals surface area contributed by atoms with Crippen LogP contribution in [0, 0.1) is 11.8 Å². The molecule has 2 bridgehead atoms. The number of anilines is 1. The van der Waals surface area contributed by atoms with Gasteiger partial charge in [-0.1, -0.05) is 17.3 Å². The molecular formula is C24H34N6O3. The van der Waals surface area contributed by atoms with Crippen molar-refractivity contribution in [2.45, 2.75) is 32.0 Å². The second-order valence-electron chi connectivity index (χ2n) is 9.39. The second kappa shape index (κ2) is 9.69. The molecule has 1 aromatic heterocycles. The Labute approximate surface area is 195 Å². The lowest BCUT2D eigenvalue weighted by Gasteiger charge is -2.50. The van der Waals surface area contributed by atoms with E-state index in [1.165, 1.54) is 0 Å². The number of methoxy groups -OCH3 is 2. The molecule has 5 heterocycles. The van der Waals surface area contributed by atoms with Crippen molar-refractivity contribution < 1.29 is 14.3 Å². The van der Waals surface area contributed by atoms with Gasteiger partial charge in [0.25, 0.3) is 0 Å². The van der Waals surface area contributed by atoms with Crippen molar-refractivity contribution in [2.24, 2.45) is 11.8 Å². The fourth-order valence-electron chi connectivity index (χ4n) is 5.76. The van der Waals surface area contributed by atoms with Crippen LogP contribution in [0.15, 0.2) is 30.5 Å². The number of hydrogen-bond acceptors (Lipinski definition) is 7. The predicted molar refractivity (Wildman–Crippen MR) is 124 cm³/mol. The van der Waals surface area contributed by atoms with E-state index in [4.69, 9.17) is 9.47 Å². The Bertz CT molecular complexity index is 957. The molecule has 0 aliphatic carbocycles. The van der Waals surface area contributed by atoms with E-state index >= 15 is 0 Å². The van der Waals surface area contributed by atoms with Gasteiger partial charge in [0.05, 0.1) is 38.1 Å². The van der Waals surface area contributed by atoms with E-state index in [0.717, 1.165) is 75.8 Å². The van der Waals surface area contributed by atoms with E-state index < -0.39 is 0 Å². The number of fused-ring (bicyclic) bond motifs is 3. The maximum Gasteiger partial charge on any atom is 0.227 e. The summed E-state index contributed by atoms with van der Waals surface area (Å²) in [6, 6.07) is 8.54. The summed E-state index contributed by atoms with van der Waals surface area (Å²) in [5, 5.41) is 8.43. The van der Waals surface area contributed by atoms with E-state index in [1.54, 1.807) is 14.2 Å². The Morgan fingerprint density at radius 3 is 2.67 bits per heavy atom. The minimum Gasteiger partial charge on any atom is -0.495 e. The number of para-hydroxylation sites is 2. The first-order valence-electron chi connectivity index (χ1n) is 11.9. The molecule has 0 radical (unpaired) electrons. The largest absolute Gasteiger partial charge is 0.495 e. The summed E-state index contributed by atoms with van der Waals surface area (Å²) in [4.78, 5) is 20.4. The minimum absolute atomic E-state index is 0.118. The molecule has 0 saturated carbocycles. The van der Waals surface area contributed by atoms with Crippen molar-refractivity contribution in [3.63, 3.8) is 0 Å². The molecule has 2 unspecified atom stereocenters. The summed E-state index contributed by atoms with van der Waals surface area (Å²) < 4.78 is 12.6. The van der Waals surface area contributed by atoms with Gasteiger partial charge in [0.15, 0.2) is 0 Å². The summed E-state index contributed by atoms with van der Waals surface area (Å²) in [5.74, 6) is 1.81. The van der Waals surface area contributed by atoms with Crippen LogP contribution in [0.4, 0.5) is 5.69 Å². The Morgan fingerprint density at radius 1 is 1.12 bits per heavy atom. The fraction of sp³-hybridized carbons (Fsp3) is 0.625. The molecule has 178 valence electrons. The third-order valence-electron chi connectivity index (χ3n) is 7.49. The van der Waals surface area contributed by atoms with Crippen LogP contribution in [0.1, 0.15) is 18.5 Å². The van der Waals surface area contributed by atoms with E-state index in [9.17, 15) is 4.79 Å². The standard InChI is InChI=1S/C24H34N6O3/c1-32-17-19-14-30(26-25-19)15-20-13-18-7-8-29(20)16-21(18)24(31)28-11-9-27(10-12-28)22-5-3-4-6-23(22)33-2/h3-6,14,18,20-21H,7-13,15-17H2,1-2H3/t18?,20-,21+/m1/s1. The van der Waals surface area contributed by atoms with Gasteiger partial charge in [0.2, 0.25) is 5.91 Å². The van der Waals surface area contributed by atoms with Crippen molar-refractivity contribution in [3.8, 4) is 5.75 Å². The van der Waals surface area contributed by atoms with Crippen LogP contribution < -0.4 is 9.64 Å². The van der Waals surface area contributed by atoms with Crippen LogP contribution >= 0.6 is 0 Å². The summed E-state index contributed by atoms with van der Waals surface area (Å²) >= 11 is 0. The quantitative estimate of drug-likeness (QED) is 0.627. The molecule has 4 atom stereocenters. The topological polar surface area (TPSA) is 76.0 Å². The molecule has 1 amide bonds. The number of aromatic nitrogens is 3. The molecule has 33 heavy (non-hydrogen) atoms. The number of rotatable bonds is 7. The molecule has 4 aliphatic rings. The van der Waals surface area contributed by atoms with Crippen molar-refractivity contribution in [1.82, 2.24) is 24.8 Å². The summed E-state index contributed by atoms with van der Waals surface area (Å²) in [7, 11) is 3.38. The average molecular weight is 455 g/mol. The number of hydrogen-bond donors (Lipinski definition) is 0. The molecular weight excluding hydrogens is 420 g/mol. The van der Waals surface area contributed by atoms with Crippen LogP contribution in [-0.4, -0.2) is 90.2 Å². The third kappa shape index (κ3) is 4.56. The van der Waals surface area contributed by atoms with Gasteiger partial charge in [0, 0.05) is 45.9 Å². The molecule has 4 fully saturated rings. The zero-order chi connectivity index (χ0) is 22.8. The van der Waals surface area contributed by atoms with Crippen molar-refractivity contribution in [2.75, 3.05) is 58.4 Å². The summed E-state index contributed by atoms with van der Waals surface area (Å²) in [5.41, 5.74) is 1.97. The van der Waals surface area contributed by atoms with E-state index in [2.05, 4.69) is 31.1 Å². The highest BCUT2D eigenvalue weighted by atomic mass is 16.5. The molecule has 9 nitrogen and oxygen atoms in total. The van der Waals surface area contributed by atoms with Gasteiger partial charge < -0.3 is 19.3 Å². The number of piperazine rings is 1. The van der Waals surface area contributed by atoms with Gasteiger partial charge >= 0.3 is 0 Å². The van der Waals surface area contributed by atoms with Gasteiger partial charge in [-0.2, -0.15) is 0 Å². The van der Waals surface area contributed by atoms with Crippen molar-refractivity contribution >= 4 is 11.6 Å². The number of benzene rings is 1. The molecule has 6 rings (SSSR count). The zero-order valence-electron chi connectivity index (χ0n) is 19.6. The Kier molecular flexibility index (Phi) is 6.50. The summed E-state index contributed by atoms with van der Waals surface area (Å²) in [6.45, 7) is 6.46. The number of nitrogens with zero attached hydrogens (tertiary/aromatic N) is 6. The number of carbonyl (C=O) groups excluding carboxylic acids is 1. The molecule has 0 N–H and O–H groups in total. The minimum atomic E-state index is 0.118. The maximum absolute atomic E-state index is 13.5. The lowest BCUT2D eigenvalue weighted by Crippen LogP contribution is -2.60. The maximum atomic E-state index is 13.5. The Morgan fingerprint density at radius 2 is 1.94 bits per heavy atom. The monoisotopic (exact) mass is 454 g/mol. The third-order valence-corrected chi connectivity index (χ3v) is 7.49. The number of carbonyl (C=O) groups is 1. The van der Waals surface area contributed by atoms with Crippen LogP contribution in [0.2, 0.25) is 0 Å². The van der Waals surface area contributed by atoms with Crippen LogP contribution in [0.5, 0.6) is 5.75 Å². The first-order valence-corrected chi connectivity index (χ1v) is 11.9. The molecule has 9 heteroatoms. The smallest absolute Gasteiger partial charge is 0.227 e. The van der Waals surface area contributed by atoms with Crippen molar-refractivity contribution in [1.29, 1.82) is 0 Å². The van der Waals surface area contributed by atoms with Crippen LogP contribution in [0.25, 0.3) is 0 Å². The van der Waals surface area contributed by atoms with E-state index in [0.29, 0.717) is 24.5 Å². The predicted octanol–water partition coefficient (Wildman–Crippen LogP) is 1.49. The lowest BCUT2D eigenvalue weighted by atomic mass is 9.75. The van der Waals surface area contributed by atoms with Crippen molar-refractivity contribution in [3.05, 3.63) is 36.2 Å². The Balaban J connectivity index is 1.16. The number of amides is 1. The second-order valence-corrected chi connectivity index (χ2v) is 9.39. The summed E-state index contributed by atoms with van der Waals surface area (Å²) in [6.07, 6.45) is 4.13. The fourth-order valence-corrected chi connectivity index (χ4v) is 5.76. The number of ether oxygens (including phenoxy) is 2. The normalized spacial score (nSPS) is 27.1. The molecule has 0 spiro atoms.